The molecule has 0 radical (unpaired) electrons. The van der Waals surface area contributed by atoms with Crippen LogP contribution in [-0.4, -0.2) is 42.6 Å². The summed E-state index contributed by atoms with van der Waals surface area (Å²) in [4.78, 5) is 14.0. The highest BCUT2D eigenvalue weighted by Gasteiger charge is 2.31. The average Bonchev–Trinajstić information content (AvgIpc) is 2.43. The first-order valence-electron chi connectivity index (χ1n) is 6.85. The van der Waals surface area contributed by atoms with E-state index in [0.717, 1.165) is 0 Å². The van der Waals surface area contributed by atoms with Crippen LogP contribution < -0.4 is 5.73 Å². The number of nitrogens with two attached hydrogens (primary N) is 1. The summed E-state index contributed by atoms with van der Waals surface area (Å²) in [7, 11) is 0. The monoisotopic (exact) mass is 290 g/mol. The van der Waals surface area contributed by atoms with E-state index in [1.54, 1.807) is 11.0 Å². The SMILES string of the molecule is CC1(C)CN(C(=O)c2ccc(C#CCN)cc2F)CCO1. The number of carbonyl (C=O) groups is 1. The van der Waals surface area contributed by atoms with Crippen molar-refractivity contribution >= 4 is 5.91 Å². The van der Waals surface area contributed by atoms with Crippen LogP contribution >= 0.6 is 0 Å². The van der Waals surface area contributed by atoms with Gasteiger partial charge in [0.1, 0.15) is 5.82 Å². The molecule has 0 aromatic heterocycles. The fourth-order valence-corrected chi connectivity index (χ4v) is 2.28. The molecule has 0 unspecified atom stereocenters. The van der Waals surface area contributed by atoms with Gasteiger partial charge >= 0.3 is 0 Å². The van der Waals surface area contributed by atoms with E-state index in [2.05, 4.69) is 11.8 Å². The molecular weight excluding hydrogens is 271 g/mol. The maximum atomic E-state index is 14.1. The zero-order valence-electron chi connectivity index (χ0n) is 12.3. The normalized spacial score (nSPS) is 17.0. The number of nitrogens with zero attached hydrogens (tertiary/aromatic N) is 1. The summed E-state index contributed by atoms with van der Waals surface area (Å²) in [6, 6.07) is 4.37. The van der Waals surface area contributed by atoms with E-state index < -0.39 is 11.4 Å². The van der Waals surface area contributed by atoms with Gasteiger partial charge in [-0.15, -0.1) is 0 Å². The van der Waals surface area contributed by atoms with Crippen molar-refractivity contribution in [2.24, 2.45) is 5.73 Å². The van der Waals surface area contributed by atoms with Gasteiger partial charge in [-0.2, -0.15) is 0 Å². The zero-order valence-corrected chi connectivity index (χ0v) is 12.3. The number of ether oxygens (including phenoxy) is 1. The molecule has 1 saturated heterocycles. The minimum Gasteiger partial charge on any atom is -0.372 e. The Hall–Kier alpha value is -1.90. The molecule has 1 aromatic carbocycles. The number of amides is 1. The van der Waals surface area contributed by atoms with Crippen molar-refractivity contribution in [2.75, 3.05) is 26.2 Å². The van der Waals surface area contributed by atoms with Gasteiger partial charge in [0, 0.05) is 18.7 Å². The van der Waals surface area contributed by atoms with E-state index in [-0.39, 0.29) is 18.0 Å². The molecule has 2 N–H and O–H groups in total. The average molecular weight is 290 g/mol. The highest BCUT2D eigenvalue weighted by atomic mass is 19.1. The third-order valence-corrected chi connectivity index (χ3v) is 3.25. The Morgan fingerprint density at radius 2 is 2.29 bits per heavy atom. The van der Waals surface area contributed by atoms with E-state index in [0.29, 0.717) is 25.3 Å². The number of hydrogen-bond acceptors (Lipinski definition) is 3. The molecular formula is C16H19FN2O2. The molecule has 21 heavy (non-hydrogen) atoms. The molecule has 5 heteroatoms. The van der Waals surface area contributed by atoms with Gasteiger partial charge in [-0.3, -0.25) is 4.79 Å². The second-order valence-corrected chi connectivity index (χ2v) is 5.54. The summed E-state index contributed by atoms with van der Waals surface area (Å²) >= 11 is 0. The third kappa shape index (κ3) is 3.81. The Bertz CT molecular complexity index is 602. The molecule has 2 rings (SSSR count). The standard InChI is InChI=1S/C16H19FN2O2/c1-16(2)11-19(8-9-21-16)15(20)13-6-5-12(4-3-7-18)10-14(13)17/h5-6,10H,7-9,11,18H2,1-2H3. The lowest BCUT2D eigenvalue weighted by atomic mass is 10.1. The van der Waals surface area contributed by atoms with E-state index in [4.69, 9.17) is 10.5 Å². The summed E-state index contributed by atoms with van der Waals surface area (Å²) in [6.45, 7) is 5.41. The second-order valence-electron chi connectivity index (χ2n) is 5.54. The maximum absolute atomic E-state index is 14.1. The van der Waals surface area contributed by atoms with Crippen LogP contribution in [-0.2, 0) is 4.74 Å². The van der Waals surface area contributed by atoms with Crippen molar-refractivity contribution in [1.82, 2.24) is 4.90 Å². The fraction of sp³-hybridized carbons (Fsp3) is 0.438. The van der Waals surface area contributed by atoms with Gasteiger partial charge in [0.15, 0.2) is 0 Å². The number of halogens is 1. The molecule has 0 bridgehead atoms. The third-order valence-electron chi connectivity index (χ3n) is 3.25. The molecule has 1 aliphatic rings. The maximum Gasteiger partial charge on any atom is 0.257 e. The lowest BCUT2D eigenvalue weighted by Gasteiger charge is -2.38. The van der Waals surface area contributed by atoms with Crippen LogP contribution in [0.15, 0.2) is 18.2 Å². The zero-order chi connectivity index (χ0) is 15.5. The summed E-state index contributed by atoms with van der Waals surface area (Å²) < 4.78 is 19.7. The molecule has 1 aliphatic heterocycles. The van der Waals surface area contributed by atoms with E-state index in [9.17, 15) is 9.18 Å². The van der Waals surface area contributed by atoms with E-state index >= 15 is 0 Å². The number of benzene rings is 1. The van der Waals surface area contributed by atoms with Crippen molar-refractivity contribution in [3.63, 3.8) is 0 Å². The van der Waals surface area contributed by atoms with Crippen LogP contribution in [0.25, 0.3) is 0 Å². The highest BCUT2D eigenvalue weighted by Crippen LogP contribution is 2.20. The number of rotatable bonds is 1. The lowest BCUT2D eigenvalue weighted by molar-refractivity contribution is -0.0764. The predicted octanol–water partition coefficient (Wildman–Crippen LogP) is 1.39. The largest absolute Gasteiger partial charge is 0.372 e. The Labute approximate surface area is 124 Å². The van der Waals surface area contributed by atoms with Crippen LogP contribution in [0.1, 0.15) is 29.8 Å². The van der Waals surface area contributed by atoms with Gasteiger partial charge < -0.3 is 15.4 Å². The first-order chi connectivity index (χ1) is 9.93. The molecule has 0 atom stereocenters. The van der Waals surface area contributed by atoms with Gasteiger partial charge in [0.25, 0.3) is 5.91 Å². The minimum atomic E-state index is -0.562. The van der Waals surface area contributed by atoms with Crippen molar-refractivity contribution < 1.29 is 13.9 Å². The van der Waals surface area contributed by atoms with Gasteiger partial charge in [-0.05, 0) is 32.0 Å². The van der Waals surface area contributed by atoms with Gasteiger partial charge in [0.2, 0.25) is 0 Å². The van der Waals surface area contributed by atoms with E-state index in [1.807, 2.05) is 13.8 Å². The molecule has 0 spiro atoms. The molecule has 0 saturated carbocycles. The Morgan fingerprint density at radius 3 is 2.90 bits per heavy atom. The Kier molecular flexibility index (Phi) is 4.61. The van der Waals surface area contributed by atoms with Gasteiger partial charge in [-0.25, -0.2) is 4.39 Å². The Balaban J connectivity index is 2.19. The summed E-state index contributed by atoms with van der Waals surface area (Å²) in [5, 5.41) is 0. The van der Waals surface area contributed by atoms with Crippen LogP contribution in [0.3, 0.4) is 0 Å². The highest BCUT2D eigenvalue weighted by molar-refractivity contribution is 5.94. The Morgan fingerprint density at radius 1 is 1.52 bits per heavy atom. The predicted molar refractivity (Wildman–Crippen MR) is 78.3 cm³/mol. The first-order valence-corrected chi connectivity index (χ1v) is 6.85. The second kappa shape index (κ2) is 6.25. The van der Waals surface area contributed by atoms with Crippen LogP contribution in [0.4, 0.5) is 4.39 Å². The summed E-state index contributed by atoms with van der Waals surface area (Å²) in [5.41, 5.74) is 5.44. The topological polar surface area (TPSA) is 55.6 Å². The van der Waals surface area contributed by atoms with Gasteiger partial charge in [-0.1, -0.05) is 11.8 Å². The molecule has 112 valence electrons. The fourth-order valence-electron chi connectivity index (χ4n) is 2.28. The molecule has 1 fully saturated rings. The van der Waals surface area contributed by atoms with Crippen molar-refractivity contribution in [1.29, 1.82) is 0 Å². The molecule has 1 amide bonds. The lowest BCUT2D eigenvalue weighted by Crippen LogP contribution is -2.50. The van der Waals surface area contributed by atoms with Crippen LogP contribution in [0.5, 0.6) is 0 Å². The van der Waals surface area contributed by atoms with Crippen molar-refractivity contribution in [2.45, 2.75) is 19.4 Å². The van der Waals surface area contributed by atoms with Crippen molar-refractivity contribution in [3.8, 4) is 11.8 Å². The molecule has 4 nitrogen and oxygen atoms in total. The molecule has 1 heterocycles. The van der Waals surface area contributed by atoms with E-state index in [1.165, 1.54) is 12.1 Å². The summed E-state index contributed by atoms with van der Waals surface area (Å²) in [6.07, 6.45) is 0. The quantitative estimate of drug-likeness (QED) is 0.795. The summed E-state index contributed by atoms with van der Waals surface area (Å²) in [5.74, 6) is 4.52. The van der Waals surface area contributed by atoms with Crippen LogP contribution in [0, 0.1) is 17.7 Å². The smallest absolute Gasteiger partial charge is 0.257 e. The minimum absolute atomic E-state index is 0.0611. The molecule has 0 aliphatic carbocycles. The van der Waals surface area contributed by atoms with Crippen LogP contribution in [0.2, 0.25) is 0 Å². The molecule has 1 aromatic rings. The first kappa shape index (κ1) is 15.5. The van der Waals surface area contributed by atoms with Gasteiger partial charge in [0.05, 0.1) is 24.3 Å². The van der Waals surface area contributed by atoms with Crippen molar-refractivity contribution in [3.05, 3.63) is 35.1 Å². The number of hydrogen-bond donors (Lipinski definition) is 1. The number of carbonyl (C=O) groups excluding carboxylic acids is 1. The number of morpholine rings is 1.